The van der Waals surface area contributed by atoms with Crippen molar-refractivity contribution in [3.8, 4) is 21.7 Å². The minimum absolute atomic E-state index is 0.278. The molecule has 0 fully saturated rings. The molecule has 20 heavy (non-hydrogen) atoms. The molecule has 3 aromatic rings. The summed E-state index contributed by atoms with van der Waals surface area (Å²) in [5.74, 6) is -0.278. The fourth-order valence-electron chi connectivity index (χ4n) is 1.89. The summed E-state index contributed by atoms with van der Waals surface area (Å²) in [5.41, 5.74) is 2.26. The van der Waals surface area contributed by atoms with E-state index in [9.17, 15) is 4.39 Å². The van der Waals surface area contributed by atoms with Crippen LogP contribution in [0, 0.1) is 5.82 Å². The molecule has 1 heterocycles. The zero-order valence-electron chi connectivity index (χ0n) is 10.1. The molecule has 5 heteroatoms. The first-order valence-corrected chi connectivity index (χ1v) is 7.85. The van der Waals surface area contributed by atoms with Crippen molar-refractivity contribution in [3.63, 3.8) is 0 Å². The van der Waals surface area contributed by atoms with Gasteiger partial charge in [0.05, 0.1) is 0 Å². The van der Waals surface area contributed by atoms with Gasteiger partial charge in [0.25, 0.3) is 0 Å². The number of hydrogen-bond acceptors (Lipinski definition) is 2. The fourth-order valence-corrected chi connectivity index (χ4v) is 3.29. The van der Waals surface area contributed by atoms with Gasteiger partial charge in [0, 0.05) is 16.0 Å². The SMILES string of the molecule is Fc1cc(-c2ccc(Cl)cc2)ccc1-c1nc(Br)cs1. The molecule has 0 amide bonds. The lowest BCUT2D eigenvalue weighted by atomic mass is 10.0. The molecule has 0 aliphatic heterocycles. The molecule has 0 aliphatic rings. The highest BCUT2D eigenvalue weighted by Crippen LogP contribution is 2.31. The Kier molecular flexibility index (Phi) is 3.87. The van der Waals surface area contributed by atoms with Gasteiger partial charge in [-0.2, -0.15) is 0 Å². The van der Waals surface area contributed by atoms with Crippen LogP contribution in [-0.2, 0) is 0 Å². The normalized spacial score (nSPS) is 10.8. The summed E-state index contributed by atoms with van der Waals surface area (Å²) in [4.78, 5) is 4.23. The van der Waals surface area contributed by atoms with Gasteiger partial charge in [-0.15, -0.1) is 11.3 Å². The smallest absolute Gasteiger partial charge is 0.134 e. The first kappa shape index (κ1) is 13.7. The van der Waals surface area contributed by atoms with E-state index in [-0.39, 0.29) is 5.82 Å². The van der Waals surface area contributed by atoms with Crippen molar-refractivity contribution in [1.82, 2.24) is 4.98 Å². The number of halogens is 3. The van der Waals surface area contributed by atoms with E-state index in [4.69, 9.17) is 11.6 Å². The van der Waals surface area contributed by atoms with Crippen LogP contribution in [0.3, 0.4) is 0 Å². The van der Waals surface area contributed by atoms with Crippen molar-refractivity contribution in [2.75, 3.05) is 0 Å². The van der Waals surface area contributed by atoms with Crippen LogP contribution in [0.4, 0.5) is 4.39 Å². The Labute approximate surface area is 133 Å². The molecule has 2 aromatic carbocycles. The summed E-state index contributed by atoms with van der Waals surface area (Å²) in [5, 5.41) is 3.16. The van der Waals surface area contributed by atoms with E-state index in [2.05, 4.69) is 20.9 Å². The Balaban J connectivity index is 2.01. The van der Waals surface area contributed by atoms with E-state index in [1.54, 1.807) is 18.2 Å². The van der Waals surface area contributed by atoms with Crippen LogP contribution < -0.4 is 0 Å². The Morgan fingerprint density at radius 1 is 1.05 bits per heavy atom. The summed E-state index contributed by atoms with van der Waals surface area (Å²) in [6.07, 6.45) is 0. The lowest BCUT2D eigenvalue weighted by molar-refractivity contribution is 0.631. The quantitative estimate of drug-likeness (QED) is 0.538. The summed E-state index contributed by atoms with van der Waals surface area (Å²) < 4.78 is 15.0. The van der Waals surface area contributed by atoms with Crippen LogP contribution in [0.15, 0.2) is 52.4 Å². The Morgan fingerprint density at radius 2 is 1.75 bits per heavy atom. The van der Waals surface area contributed by atoms with Gasteiger partial charge in [-0.1, -0.05) is 29.8 Å². The molecule has 0 atom stereocenters. The molecule has 0 N–H and O–H groups in total. The zero-order chi connectivity index (χ0) is 14.1. The second-order valence-electron chi connectivity index (χ2n) is 4.18. The van der Waals surface area contributed by atoms with E-state index in [0.29, 0.717) is 15.6 Å². The molecule has 0 bridgehead atoms. The van der Waals surface area contributed by atoms with E-state index in [0.717, 1.165) is 15.7 Å². The number of thiazole rings is 1. The molecular formula is C15H8BrClFNS. The molecule has 0 spiro atoms. The second kappa shape index (κ2) is 5.64. The number of rotatable bonds is 2. The van der Waals surface area contributed by atoms with Gasteiger partial charge in [-0.05, 0) is 51.3 Å². The monoisotopic (exact) mass is 367 g/mol. The maximum absolute atomic E-state index is 14.2. The van der Waals surface area contributed by atoms with Crippen LogP contribution in [-0.4, -0.2) is 4.98 Å². The standard InChI is InChI=1S/C15H8BrClFNS/c16-14-8-20-15(19-14)12-6-3-10(7-13(12)18)9-1-4-11(17)5-2-9/h1-8H. The molecule has 0 saturated heterocycles. The van der Waals surface area contributed by atoms with Crippen molar-refractivity contribution in [2.45, 2.75) is 0 Å². The zero-order valence-corrected chi connectivity index (χ0v) is 13.3. The maximum atomic E-state index is 14.2. The molecule has 0 unspecified atom stereocenters. The van der Waals surface area contributed by atoms with Crippen molar-refractivity contribution >= 4 is 38.9 Å². The highest BCUT2D eigenvalue weighted by atomic mass is 79.9. The predicted octanol–water partition coefficient (Wildman–Crippen LogP) is 6.03. The summed E-state index contributed by atoms with van der Waals surface area (Å²) >= 11 is 10.5. The van der Waals surface area contributed by atoms with Crippen LogP contribution in [0.25, 0.3) is 21.7 Å². The van der Waals surface area contributed by atoms with E-state index >= 15 is 0 Å². The maximum Gasteiger partial charge on any atom is 0.134 e. The van der Waals surface area contributed by atoms with Crippen molar-refractivity contribution in [1.29, 1.82) is 0 Å². The Hall–Kier alpha value is -1.23. The first-order valence-electron chi connectivity index (χ1n) is 5.80. The van der Waals surface area contributed by atoms with Gasteiger partial charge in [0.2, 0.25) is 0 Å². The molecule has 0 aliphatic carbocycles. The van der Waals surface area contributed by atoms with Gasteiger partial charge in [0.1, 0.15) is 15.4 Å². The average molecular weight is 369 g/mol. The lowest BCUT2D eigenvalue weighted by Crippen LogP contribution is -1.86. The highest BCUT2D eigenvalue weighted by molar-refractivity contribution is 9.10. The van der Waals surface area contributed by atoms with Crippen molar-refractivity contribution < 1.29 is 4.39 Å². The number of hydrogen-bond donors (Lipinski definition) is 0. The summed E-state index contributed by atoms with van der Waals surface area (Å²) in [6, 6.07) is 12.5. The number of nitrogens with zero attached hydrogens (tertiary/aromatic N) is 1. The van der Waals surface area contributed by atoms with Crippen molar-refractivity contribution in [3.05, 3.63) is 63.3 Å². The van der Waals surface area contributed by atoms with Crippen LogP contribution in [0.5, 0.6) is 0 Å². The van der Waals surface area contributed by atoms with Crippen LogP contribution >= 0.6 is 38.9 Å². The first-order chi connectivity index (χ1) is 9.63. The Bertz CT molecular complexity index is 755. The van der Waals surface area contributed by atoms with E-state index < -0.39 is 0 Å². The Morgan fingerprint density at radius 3 is 2.35 bits per heavy atom. The second-order valence-corrected chi connectivity index (χ2v) is 6.28. The molecule has 1 nitrogen and oxygen atoms in total. The minimum atomic E-state index is -0.278. The third-order valence-corrected chi connectivity index (χ3v) is 4.69. The molecular weight excluding hydrogens is 361 g/mol. The van der Waals surface area contributed by atoms with Gasteiger partial charge < -0.3 is 0 Å². The number of benzene rings is 2. The molecule has 3 rings (SSSR count). The average Bonchev–Trinajstić information content (AvgIpc) is 2.86. The van der Waals surface area contributed by atoms with Gasteiger partial charge in [-0.3, -0.25) is 0 Å². The van der Waals surface area contributed by atoms with Crippen LogP contribution in [0.1, 0.15) is 0 Å². The van der Waals surface area contributed by atoms with Gasteiger partial charge in [0.15, 0.2) is 0 Å². The largest absolute Gasteiger partial charge is 0.229 e. The third kappa shape index (κ3) is 2.77. The third-order valence-electron chi connectivity index (χ3n) is 2.85. The topological polar surface area (TPSA) is 12.9 Å². The van der Waals surface area contributed by atoms with Gasteiger partial charge >= 0.3 is 0 Å². The van der Waals surface area contributed by atoms with Gasteiger partial charge in [-0.25, -0.2) is 9.37 Å². The van der Waals surface area contributed by atoms with Crippen molar-refractivity contribution in [2.24, 2.45) is 0 Å². The van der Waals surface area contributed by atoms with E-state index in [1.807, 2.05) is 23.6 Å². The molecule has 0 saturated carbocycles. The van der Waals surface area contributed by atoms with Crippen LogP contribution in [0.2, 0.25) is 5.02 Å². The molecule has 1 aromatic heterocycles. The van der Waals surface area contributed by atoms with E-state index in [1.165, 1.54) is 17.4 Å². The fraction of sp³-hybridized carbons (Fsp3) is 0. The number of aromatic nitrogens is 1. The molecule has 0 radical (unpaired) electrons. The summed E-state index contributed by atoms with van der Waals surface area (Å²) in [6.45, 7) is 0. The highest BCUT2D eigenvalue weighted by Gasteiger charge is 2.10. The summed E-state index contributed by atoms with van der Waals surface area (Å²) in [7, 11) is 0. The molecule has 100 valence electrons. The lowest BCUT2D eigenvalue weighted by Gasteiger charge is -2.05. The predicted molar refractivity (Wildman–Crippen MR) is 85.7 cm³/mol. The minimum Gasteiger partial charge on any atom is -0.229 e.